The Bertz CT molecular complexity index is 2360. The van der Waals surface area contributed by atoms with Crippen molar-refractivity contribution in [3.63, 3.8) is 0 Å². The molecule has 4 N–H and O–H groups in total. The standard InChI is InChI=1S/C46H30O4/c47-43(35-19-7-1-13-27(35)28-14-2-8-20-36(28)43)45(49)39-23-11-5-17-31(39)33-26-42-34(25-41(33)45)32-18-6-12-24-40(32)46(42,50)44(48)37-21-9-3-15-29(37)30-16-4-10-22-38(30)44/h1-26,47-50H. The van der Waals surface area contributed by atoms with Gasteiger partial charge in [0.05, 0.1) is 0 Å². The molecule has 50 heavy (non-hydrogen) atoms. The fourth-order valence-corrected chi connectivity index (χ4v) is 9.98. The Kier molecular flexibility index (Phi) is 5.16. The zero-order valence-electron chi connectivity index (χ0n) is 26.8. The summed E-state index contributed by atoms with van der Waals surface area (Å²) >= 11 is 0. The van der Waals surface area contributed by atoms with Gasteiger partial charge >= 0.3 is 0 Å². The molecule has 0 spiro atoms. The Morgan fingerprint density at radius 3 is 0.640 bits per heavy atom. The van der Waals surface area contributed by atoms with Gasteiger partial charge in [-0.3, -0.25) is 0 Å². The predicted octanol–water partition coefficient (Wildman–Crippen LogP) is 7.95. The normalized spacial score (nSPS) is 21.7. The molecule has 0 fully saturated rings. The monoisotopic (exact) mass is 646 g/mol. The van der Waals surface area contributed by atoms with Crippen molar-refractivity contribution in [3.8, 4) is 44.5 Å². The molecule has 0 heterocycles. The SMILES string of the molecule is OC1(C2(O)c3ccccc3-c3cc4c(cc32)-c2ccccc2C4(O)C2(O)c3ccccc3-c3ccccc32)c2ccccc2-c2ccccc21. The summed E-state index contributed by atoms with van der Waals surface area (Å²) < 4.78 is 0. The van der Waals surface area contributed by atoms with Gasteiger partial charge in [-0.25, -0.2) is 0 Å². The van der Waals surface area contributed by atoms with Gasteiger partial charge in [0, 0.05) is 11.1 Å². The summed E-state index contributed by atoms with van der Waals surface area (Å²) in [5.74, 6) is 0. The quantitative estimate of drug-likeness (QED) is 0.154. The molecule has 0 aromatic heterocycles. The molecule has 4 nitrogen and oxygen atoms in total. The van der Waals surface area contributed by atoms with Gasteiger partial charge in [0.25, 0.3) is 0 Å². The number of hydrogen-bond donors (Lipinski definition) is 4. The molecule has 4 heteroatoms. The molecule has 7 aromatic carbocycles. The van der Waals surface area contributed by atoms with Crippen molar-refractivity contribution in [3.05, 3.63) is 202 Å². The lowest BCUT2D eigenvalue weighted by Crippen LogP contribution is -2.49. The number of hydrogen-bond acceptors (Lipinski definition) is 4. The van der Waals surface area contributed by atoms with Gasteiger partial charge in [0.15, 0.2) is 22.4 Å². The minimum absolute atomic E-state index is 0.546. The Morgan fingerprint density at radius 2 is 0.400 bits per heavy atom. The van der Waals surface area contributed by atoms with Gasteiger partial charge in [0.2, 0.25) is 0 Å². The van der Waals surface area contributed by atoms with Crippen LogP contribution in [0.4, 0.5) is 0 Å². The van der Waals surface area contributed by atoms with Crippen molar-refractivity contribution in [1.82, 2.24) is 0 Å². The van der Waals surface area contributed by atoms with Gasteiger partial charge in [-0.2, -0.15) is 0 Å². The zero-order chi connectivity index (χ0) is 33.6. The van der Waals surface area contributed by atoms with E-state index in [9.17, 15) is 20.4 Å². The second kappa shape index (κ2) is 9.13. The Labute approximate surface area is 288 Å². The number of benzene rings is 7. The van der Waals surface area contributed by atoms with Crippen LogP contribution in [-0.2, 0) is 22.4 Å². The summed E-state index contributed by atoms with van der Waals surface area (Å²) in [6.45, 7) is 0. The third-order valence-corrected chi connectivity index (χ3v) is 12.0. The van der Waals surface area contributed by atoms with E-state index in [2.05, 4.69) is 0 Å². The van der Waals surface area contributed by atoms with Crippen LogP contribution in [0.15, 0.2) is 158 Å². The van der Waals surface area contributed by atoms with E-state index in [1.54, 1.807) is 0 Å². The summed E-state index contributed by atoms with van der Waals surface area (Å²) in [4.78, 5) is 0. The van der Waals surface area contributed by atoms with Crippen LogP contribution in [0.5, 0.6) is 0 Å². The van der Waals surface area contributed by atoms with E-state index in [0.717, 1.165) is 33.4 Å². The fourth-order valence-electron chi connectivity index (χ4n) is 9.98. The van der Waals surface area contributed by atoms with Crippen molar-refractivity contribution >= 4 is 0 Å². The molecule has 4 aliphatic carbocycles. The number of fused-ring (bicyclic) bond motifs is 12. The highest BCUT2D eigenvalue weighted by Crippen LogP contribution is 2.67. The van der Waals surface area contributed by atoms with Crippen LogP contribution in [-0.4, -0.2) is 20.4 Å². The molecule has 0 saturated heterocycles. The summed E-state index contributed by atoms with van der Waals surface area (Å²) in [6, 6.07) is 50.2. The molecule has 7 aromatic rings. The van der Waals surface area contributed by atoms with Crippen LogP contribution in [0.3, 0.4) is 0 Å². The van der Waals surface area contributed by atoms with Crippen LogP contribution < -0.4 is 0 Å². The molecule has 0 amide bonds. The van der Waals surface area contributed by atoms with E-state index < -0.39 is 22.4 Å². The summed E-state index contributed by atoms with van der Waals surface area (Å²) in [7, 11) is 0. The van der Waals surface area contributed by atoms with Gasteiger partial charge in [-0.1, -0.05) is 146 Å². The molecule has 4 aliphatic rings. The predicted molar refractivity (Wildman–Crippen MR) is 193 cm³/mol. The summed E-state index contributed by atoms with van der Waals surface area (Å²) in [5, 5.41) is 53.6. The first-order chi connectivity index (χ1) is 24.3. The molecule has 238 valence electrons. The zero-order valence-corrected chi connectivity index (χ0v) is 26.8. The van der Waals surface area contributed by atoms with Gasteiger partial charge in [0.1, 0.15) is 0 Å². The van der Waals surface area contributed by atoms with E-state index in [0.29, 0.717) is 55.6 Å². The second-order valence-electron chi connectivity index (χ2n) is 14.1. The molecule has 2 atom stereocenters. The number of rotatable bonds is 2. The molecule has 2 unspecified atom stereocenters. The molecule has 0 radical (unpaired) electrons. The Balaban J connectivity index is 1.24. The average molecular weight is 647 g/mol. The first-order valence-electron chi connectivity index (χ1n) is 17.0. The largest absolute Gasteiger partial charge is 0.377 e. The number of aliphatic hydroxyl groups is 4. The highest BCUT2D eigenvalue weighted by atomic mass is 16.4. The van der Waals surface area contributed by atoms with Crippen molar-refractivity contribution in [2.24, 2.45) is 0 Å². The maximum atomic E-state index is 13.5. The van der Waals surface area contributed by atoms with Crippen LogP contribution in [0.1, 0.15) is 44.5 Å². The van der Waals surface area contributed by atoms with E-state index in [4.69, 9.17) is 0 Å². The van der Waals surface area contributed by atoms with Gasteiger partial charge < -0.3 is 20.4 Å². The van der Waals surface area contributed by atoms with Gasteiger partial charge in [-0.05, 0) is 90.0 Å². The topological polar surface area (TPSA) is 80.9 Å². The summed E-state index contributed by atoms with van der Waals surface area (Å²) in [5.41, 5.74) is 3.82. The maximum Gasteiger partial charge on any atom is 0.153 e. The highest BCUT2D eigenvalue weighted by molar-refractivity contribution is 5.93. The minimum Gasteiger partial charge on any atom is -0.377 e. The smallest absolute Gasteiger partial charge is 0.153 e. The Morgan fingerprint density at radius 1 is 0.220 bits per heavy atom. The molecular weight excluding hydrogens is 617 g/mol. The third-order valence-electron chi connectivity index (χ3n) is 12.0. The van der Waals surface area contributed by atoms with Gasteiger partial charge in [-0.15, -0.1) is 0 Å². The van der Waals surface area contributed by atoms with Crippen molar-refractivity contribution in [2.75, 3.05) is 0 Å². The first-order valence-corrected chi connectivity index (χ1v) is 17.0. The van der Waals surface area contributed by atoms with Crippen molar-refractivity contribution in [2.45, 2.75) is 22.4 Å². The van der Waals surface area contributed by atoms with Crippen LogP contribution in [0.2, 0.25) is 0 Å². The lowest BCUT2D eigenvalue weighted by molar-refractivity contribution is -0.108. The molecule has 11 rings (SSSR count). The van der Waals surface area contributed by atoms with Crippen LogP contribution >= 0.6 is 0 Å². The Hall–Kier alpha value is -5.62. The first kappa shape index (κ1) is 28.2. The maximum absolute atomic E-state index is 13.5. The molecule has 0 bridgehead atoms. The van der Waals surface area contributed by atoms with E-state index in [-0.39, 0.29) is 0 Å². The van der Waals surface area contributed by atoms with Crippen LogP contribution in [0.25, 0.3) is 44.5 Å². The van der Waals surface area contributed by atoms with Crippen LogP contribution in [0, 0.1) is 0 Å². The van der Waals surface area contributed by atoms with E-state index >= 15 is 0 Å². The lowest BCUT2D eigenvalue weighted by atomic mass is 9.69. The van der Waals surface area contributed by atoms with E-state index in [1.165, 1.54) is 0 Å². The molecule has 0 aliphatic heterocycles. The second-order valence-corrected chi connectivity index (χ2v) is 14.1. The highest BCUT2D eigenvalue weighted by Gasteiger charge is 2.65. The minimum atomic E-state index is -1.89. The molecular formula is C46H30O4. The van der Waals surface area contributed by atoms with E-state index in [1.807, 2.05) is 158 Å². The average Bonchev–Trinajstić information content (AvgIpc) is 3.80. The van der Waals surface area contributed by atoms with Crippen molar-refractivity contribution in [1.29, 1.82) is 0 Å². The lowest BCUT2D eigenvalue weighted by Gasteiger charge is -2.42. The summed E-state index contributed by atoms with van der Waals surface area (Å²) in [6.07, 6.45) is 0. The fraction of sp³-hybridized carbons (Fsp3) is 0.0870. The molecule has 0 saturated carbocycles. The van der Waals surface area contributed by atoms with Crippen molar-refractivity contribution < 1.29 is 20.4 Å². The third kappa shape index (κ3) is 2.89.